The lowest BCUT2D eigenvalue weighted by molar-refractivity contribution is 0.305. The summed E-state index contributed by atoms with van der Waals surface area (Å²) in [5, 5.41) is 0. The van der Waals surface area contributed by atoms with Crippen molar-refractivity contribution >= 4 is 0 Å². The molecule has 1 nitrogen and oxygen atoms in total. The molecule has 1 aromatic carbocycles. The molecular weight excluding hydrogens is 314 g/mol. The third-order valence-electron chi connectivity index (χ3n) is 6.10. The number of pyridine rings is 1. The molecule has 0 N–H and O–H groups in total. The van der Waals surface area contributed by atoms with Crippen molar-refractivity contribution in [3.8, 4) is 11.1 Å². The highest BCUT2D eigenvalue weighted by atomic mass is 14.7. The second-order valence-electron chi connectivity index (χ2n) is 8.13. The number of unbranched alkanes of at least 4 members (excludes halogenated alkanes) is 2. The normalized spacial score (nSPS) is 20.2. The van der Waals surface area contributed by atoms with Gasteiger partial charge in [-0.1, -0.05) is 69.9 Å². The van der Waals surface area contributed by atoms with E-state index in [0.717, 1.165) is 5.92 Å². The molecular formula is C25H35N. The van der Waals surface area contributed by atoms with E-state index in [0.29, 0.717) is 5.92 Å². The van der Waals surface area contributed by atoms with E-state index in [2.05, 4.69) is 56.4 Å². The van der Waals surface area contributed by atoms with E-state index >= 15 is 0 Å². The van der Waals surface area contributed by atoms with E-state index in [1.54, 1.807) is 0 Å². The molecule has 0 saturated heterocycles. The topological polar surface area (TPSA) is 12.9 Å². The molecule has 2 aromatic rings. The number of rotatable bonds is 8. The number of nitrogens with zero attached hydrogens (tertiary/aromatic N) is 1. The van der Waals surface area contributed by atoms with Crippen LogP contribution in [0.5, 0.6) is 0 Å². The smallest absolute Gasteiger partial charge is 0.0434 e. The van der Waals surface area contributed by atoms with Gasteiger partial charge in [0.2, 0.25) is 0 Å². The predicted octanol–water partition coefficient (Wildman–Crippen LogP) is 7.56. The van der Waals surface area contributed by atoms with Gasteiger partial charge in [0.25, 0.3) is 0 Å². The molecule has 0 spiro atoms. The summed E-state index contributed by atoms with van der Waals surface area (Å²) in [5.74, 6) is 1.64. The maximum absolute atomic E-state index is 4.83. The van der Waals surface area contributed by atoms with Crippen LogP contribution in [0.2, 0.25) is 0 Å². The second-order valence-corrected chi connectivity index (χ2v) is 8.13. The molecule has 0 atom stereocenters. The van der Waals surface area contributed by atoms with Crippen molar-refractivity contribution < 1.29 is 0 Å². The average Bonchev–Trinajstić information content (AvgIpc) is 2.70. The van der Waals surface area contributed by atoms with Crippen molar-refractivity contribution in [2.75, 3.05) is 0 Å². The van der Waals surface area contributed by atoms with E-state index in [9.17, 15) is 0 Å². The first-order valence-corrected chi connectivity index (χ1v) is 10.9. The minimum Gasteiger partial charge on any atom is -0.260 e. The van der Waals surface area contributed by atoms with Crippen molar-refractivity contribution in [2.24, 2.45) is 5.92 Å². The van der Waals surface area contributed by atoms with Crippen LogP contribution in [-0.4, -0.2) is 4.98 Å². The summed E-state index contributed by atoms with van der Waals surface area (Å²) in [6.45, 7) is 4.57. The van der Waals surface area contributed by atoms with E-state index in [1.807, 2.05) is 0 Å². The molecule has 1 heteroatoms. The van der Waals surface area contributed by atoms with E-state index in [4.69, 9.17) is 4.98 Å². The Labute approximate surface area is 160 Å². The third kappa shape index (κ3) is 5.19. The summed E-state index contributed by atoms with van der Waals surface area (Å²) in [5.41, 5.74) is 5.29. The Balaban J connectivity index is 1.57. The van der Waals surface area contributed by atoms with Gasteiger partial charge in [-0.05, 0) is 61.6 Å². The molecule has 1 aromatic heterocycles. The zero-order valence-electron chi connectivity index (χ0n) is 16.7. The summed E-state index contributed by atoms with van der Waals surface area (Å²) in [6.07, 6.45) is 15.4. The number of aromatic nitrogens is 1. The molecule has 0 unspecified atom stereocenters. The minimum atomic E-state index is 0.679. The van der Waals surface area contributed by atoms with Gasteiger partial charge in [0.15, 0.2) is 0 Å². The van der Waals surface area contributed by atoms with Gasteiger partial charge in [0.05, 0.1) is 0 Å². The highest BCUT2D eigenvalue weighted by Crippen LogP contribution is 2.37. The van der Waals surface area contributed by atoms with E-state index < -0.39 is 0 Å². The molecule has 140 valence electrons. The Kier molecular flexibility index (Phi) is 7.29. The fourth-order valence-corrected chi connectivity index (χ4v) is 4.42. The maximum atomic E-state index is 4.83. The molecule has 0 amide bonds. The lowest BCUT2D eigenvalue weighted by Gasteiger charge is -2.28. The summed E-state index contributed by atoms with van der Waals surface area (Å²) >= 11 is 0. The molecule has 1 aliphatic rings. The maximum Gasteiger partial charge on any atom is 0.0434 e. The molecule has 0 radical (unpaired) electrons. The van der Waals surface area contributed by atoms with Crippen molar-refractivity contribution in [3.05, 3.63) is 53.9 Å². The van der Waals surface area contributed by atoms with Crippen LogP contribution in [0.25, 0.3) is 11.1 Å². The molecule has 1 saturated carbocycles. The van der Waals surface area contributed by atoms with Gasteiger partial charge in [0, 0.05) is 23.4 Å². The average molecular weight is 350 g/mol. The van der Waals surface area contributed by atoms with Crippen LogP contribution in [0.1, 0.15) is 88.8 Å². The number of hydrogen-bond acceptors (Lipinski definition) is 1. The number of aryl methyl sites for hydroxylation is 1. The van der Waals surface area contributed by atoms with Crippen LogP contribution in [-0.2, 0) is 6.42 Å². The SMILES string of the molecule is CCCCCc1ccc(-c2ccc([C@H]3CC[C@H](CCC)CC3)nc2)cc1. The number of hydrogen-bond donors (Lipinski definition) is 0. The lowest BCUT2D eigenvalue weighted by atomic mass is 9.78. The van der Waals surface area contributed by atoms with Gasteiger partial charge in [-0.25, -0.2) is 0 Å². The Morgan fingerprint density at radius 1 is 0.808 bits per heavy atom. The molecule has 0 bridgehead atoms. The molecule has 1 heterocycles. The van der Waals surface area contributed by atoms with Gasteiger partial charge in [-0.15, -0.1) is 0 Å². The summed E-state index contributed by atoms with van der Waals surface area (Å²) in [6, 6.07) is 13.6. The van der Waals surface area contributed by atoms with Crippen molar-refractivity contribution in [3.63, 3.8) is 0 Å². The minimum absolute atomic E-state index is 0.679. The van der Waals surface area contributed by atoms with Crippen LogP contribution in [0.15, 0.2) is 42.6 Å². The van der Waals surface area contributed by atoms with E-state index in [-0.39, 0.29) is 0 Å². The van der Waals surface area contributed by atoms with Crippen LogP contribution < -0.4 is 0 Å². The second kappa shape index (κ2) is 9.90. The Morgan fingerprint density at radius 2 is 1.54 bits per heavy atom. The standard InChI is InChI=1S/C25H35N/c1-3-5-6-8-21-9-13-22(14-10-21)24-17-18-25(26-19-24)23-15-11-20(7-4-2)12-16-23/h9-10,13-14,17-20,23H,3-8,11-12,15-16H2,1-2H3/t20-,23-. The Hall–Kier alpha value is -1.63. The quantitative estimate of drug-likeness (QED) is 0.448. The molecule has 26 heavy (non-hydrogen) atoms. The monoisotopic (exact) mass is 349 g/mol. The first kappa shape index (κ1) is 19.1. The Bertz CT molecular complexity index is 633. The largest absolute Gasteiger partial charge is 0.260 e. The predicted molar refractivity (Wildman–Crippen MR) is 113 cm³/mol. The summed E-state index contributed by atoms with van der Waals surface area (Å²) in [4.78, 5) is 4.83. The fraction of sp³-hybridized carbons (Fsp3) is 0.560. The zero-order valence-corrected chi connectivity index (χ0v) is 16.7. The third-order valence-corrected chi connectivity index (χ3v) is 6.10. The van der Waals surface area contributed by atoms with Gasteiger partial charge >= 0.3 is 0 Å². The lowest BCUT2D eigenvalue weighted by Crippen LogP contribution is -2.14. The fourth-order valence-electron chi connectivity index (χ4n) is 4.42. The molecule has 0 aliphatic heterocycles. The zero-order chi connectivity index (χ0) is 18.2. The summed E-state index contributed by atoms with van der Waals surface area (Å²) in [7, 11) is 0. The first-order valence-electron chi connectivity index (χ1n) is 10.9. The number of benzene rings is 1. The van der Waals surface area contributed by atoms with Crippen molar-refractivity contribution in [1.29, 1.82) is 0 Å². The van der Waals surface area contributed by atoms with Crippen LogP contribution in [0.4, 0.5) is 0 Å². The van der Waals surface area contributed by atoms with Gasteiger partial charge in [-0.3, -0.25) is 4.98 Å². The van der Waals surface area contributed by atoms with Crippen LogP contribution in [0.3, 0.4) is 0 Å². The van der Waals surface area contributed by atoms with Gasteiger partial charge in [-0.2, -0.15) is 0 Å². The summed E-state index contributed by atoms with van der Waals surface area (Å²) < 4.78 is 0. The van der Waals surface area contributed by atoms with E-state index in [1.165, 1.54) is 86.6 Å². The highest BCUT2D eigenvalue weighted by molar-refractivity contribution is 5.62. The van der Waals surface area contributed by atoms with Gasteiger partial charge in [0.1, 0.15) is 0 Å². The molecule has 1 aliphatic carbocycles. The van der Waals surface area contributed by atoms with Crippen molar-refractivity contribution in [1.82, 2.24) is 4.98 Å². The molecule has 1 fully saturated rings. The van der Waals surface area contributed by atoms with Crippen LogP contribution >= 0.6 is 0 Å². The molecule has 3 rings (SSSR count). The van der Waals surface area contributed by atoms with Crippen molar-refractivity contribution in [2.45, 2.75) is 84.0 Å². The van der Waals surface area contributed by atoms with Crippen LogP contribution in [0, 0.1) is 5.92 Å². The highest BCUT2D eigenvalue weighted by Gasteiger charge is 2.22. The Morgan fingerprint density at radius 3 is 2.15 bits per heavy atom. The first-order chi connectivity index (χ1) is 12.8. The van der Waals surface area contributed by atoms with Gasteiger partial charge < -0.3 is 0 Å².